The normalized spacial score (nSPS) is 23.2. The Labute approximate surface area is 162 Å². The van der Waals surface area contributed by atoms with Crippen LogP contribution in [0.15, 0.2) is 0 Å². The summed E-state index contributed by atoms with van der Waals surface area (Å²) < 4.78 is 0. The lowest BCUT2D eigenvalue weighted by Gasteiger charge is -2.46. The van der Waals surface area contributed by atoms with Crippen LogP contribution in [0.4, 0.5) is 0 Å². The highest BCUT2D eigenvalue weighted by Gasteiger charge is 2.38. The Morgan fingerprint density at radius 2 is 1.46 bits per heavy atom. The van der Waals surface area contributed by atoms with E-state index in [2.05, 4.69) is 54.8 Å². The number of amides is 1. The van der Waals surface area contributed by atoms with Gasteiger partial charge in [0.25, 0.3) is 0 Å². The van der Waals surface area contributed by atoms with Gasteiger partial charge in [-0.05, 0) is 32.4 Å². The van der Waals surface area contributed by atoms with Crippen LogP contribution in [-0.2, 0) is 4.79 Å². The average molecular weight is 369 g/mol. The van der Waals surface area contributed by atoms with Crippen molar-refractivity contribution < 1.29 is 4.79 Å². The van der Waals surface area contributed by atoms with Gasteiger partial charge in [0.05, 0.1) is 5.54 Å². The smallest absolute Gasteiger partial charge is 0.223 e. The molecule has 0 aromatic heterocycles. The lowest BCUT2D eigenvalue weighted by Crippen LogP contribution is -2.62. The van der Waals surface area contributed by atoms with E-state index in [1.54, 1.807) is 0 Å². The van der Waals surface area contributed by atoms with Crippen LogP contribution in [-0.4, -0.2) is 85.6 Å². The van der Waals surface area contributed by atoms with Crippen molar-refractivity contribution in [1.82, 2.24) is 20.0 Å². The summed E-state index contributed by atoms with van der Waals surface area (Å²) in [4.78, 5) is 20.2. The predicted octanol–water partition coefficient (Wildman–Crippen LogP) is 2.52. The molecule has 0 aliphatic carbocycles. The summed E-state index contributed by atoms with van der Waals surface area (Å²) >= 11 is 0. The van der Waals surface area contributed by atoms with Crippen molar-refractivity contribution in [2.24, 2.45) is 11.8 Å². The number of piperidine rings is 1. The molecule has 1 unspecified atom stereocenters. The molecule has 0 aromatic rings. The molecular formula is C21H44N4O. The van der Waals surface area contributed by atoms with E-state index >= 15 is 0 Å². The molecule has 5 heteroatoms. The van der Waals surface area contributed by atoms with Crippen LogP contribution in [0.25, 0.3) is 0 Å². The third kappa shape index (κ3) is 6.82. The Hall–Kier alpha value is -0.650. The van der Waals surface area contributed by atoms with Crippen molar-refractivity contribution in [3.8, 4) is 0 Å². The van der Waals surface area contributed by atoms with Crippen LogP contribution in [0, 0.1) is 11.8 Å². The highest BCUT2D eigenvalue weighted by Crippen LogP contribution is 2.25. The average Bonchev–Trinajstić information content (AvgIpc) is 2.65. The van der Waals surface area contributed by atoms with E-state index in [0.29, 0.717) is 5.92 Å². The predicted molar refractivity (Wildman–Crippen MR) is 112 cm³/mol. The molecule has 1 atom stereocenters. The Morgan fingerprint density at radius 1 is 0.962 bits per heavy atom. The molecule has 0 radical (unpaired) electrons. The number of nitrogens with one attached hydrogen (secondary N) is 1. The number of nitrogens with zero attached hydrogens (tertiary/aromatic N) is 3. The van der Waals surface area contributed by atoms with Gasteiger partial charge in [-0.15, -0.1) is 0 Å². The molecule has 2 saturated heterocycles. The molecule has 1 N–H and O–H groups in total. The Morgan fingerprint density at radius 3 is 1.92 bits per heavy atom. The van der Waals surface area contributed by atoms with Crippen LogP contribution in [0.3, 0.4) is 0 Å². The summed E-state index contributed by atoms with van der Waals surface area (Å²) in [5.74, 6) is 0.710. The highest BCUT2D eigenvalue weighted by atomic mass is 16.2. The first-order chi connectivity index (χ1) is 12.3. The van der Waals surface area contributed by atoms with E-state index in [-0.39, 0.29) is 17.4 Å². The Kier molecular flexibility index (Phi) is 10.1. The van der Waals surface area contributed by atoms with Gasteiger partial charge in [-0.25, -0.2) is 0 Å². The minimum Gasteiger partial charge on any atom is -0.349 e. The summed E-state index contributed by atoms with van der Waals surface area (Å²) in [5.41, 5.74) is -0.0405. The van der Waals surface area contributed by atoms with Gasteiger partial charge in [0.15, 0.2) is 0 Å². The van der Waals surface area contributed by atoms with Crippen LogP contribution >= 0.6 is 0 Å². The second kappa shape index (κ2) is 11.3. The Bertz CT molecular complexity index is 397. The molecule has 5 nitrogen and oxygen atoms in total. The minimum absolute atomic E-state index is 0.0405. The van der Waals surface area contributed by atoms with Gasteiger partial charge in [0.1, 0.15) is 0 Å². The molecule has 1 amide bonds. The van der Waals surface area contributed by atoms with E-state index < -0.39 is 0 Å². The van der Waals surface area contributed by atoms with Gasteiger partial charge < -0.3 is 15.1 Å². The van der Waals surface area contributed by atoms with Crippen LogP contribution < -0.4 is 5.32 Å². The van der Waals surface area contributed by atoms with Gasteiger partial charge in [0, 0.05) is 51.7 Å². The number of hydrogen-bond donors (Lipinski definition) is 1. The van der Waals surface area contributed by atoms with Gasteiger partial charge in [-0.2, -0.15) is 0 Å². The maximum absolute atomic E-state index is 12.7. The second-order valence-electron chi connectivity index (χ2n) is 8.32. The van der Waals surface area contributed by atoms with Crippen molar-refractivity contribution in [1.29, 1.82) is 0 Å². The number of likely N-dealkylation sites (tertiary alicyclic amines) is 1. The first-order valence-corrected chi connectivity index (χ1v) is 10.8. The zero-order chi connectivity index (χ0) is 19.7. The number of piperazine rings is 1. The molecule has 0 aromatic carbocycles. The Balaban J connectivity index is 0.00000163. The van der Waals surface area contributed by atoms with Crippen LogP contribution in [0.2, 0.25) is 0 Å². The SMILES string of the molecule is CC.CCN1CCN(CC2(NC(=O)C(C)C(C)C)CCN(C)CC2)CC1. The first-order valence-electron chi connectivity index (χ1n) is 10.8. The summed E-state index contributed by atoms with van der Waals surface area (Å²) in [5, 5.41) is 3.49. The first kappa shape index (κ1) is 23.4. The van der Waals surface area contributed by atoms with Crippen LogP contribution in [0.5, 0.6) is 0 Å². The van der Waals surface area contributed by atoms with Crippen molar-refractivity contribution in [2.45, 2.75) is 59.9 Å². The molecule has 154 valence electrons. The quantitative estimate of drug-likeness (QED) is 0.782. The topological polar surface area (TPSA) is 38.8 Å². The fraction of sp³-hybridized carbons (Fsp3) is 0.952. The monoisotopic (exact) mass is 368 g/mol. The number of carbonyl (C=O) groups is 1. The third-order valence-corrected chi connectivity index (χ3v) is 6.18. The van der Waals surface area contributed by atoms with Crippen molar-refractivity contribution in [2.75, 3.05) is 59.4 Å². The van der Waals surface area contributed by atoms with Crippen LogP contribution in [0.1, 0.15) is 54.4 Å². The fourth-order valence-electron chi connectivity index (χ4n) is 3.74. The summed E-state index contributed by atoms with van der Waals surface area (Å²) in [7, 11) is 2.18. The molecular weight excluding hydrogens is 324 g/mol. The fourth-order valence-corrected chi connectivity index (χ4v) is 3.74. The number of carbonyl (C=O) groups excluding carboxylic acids is 1. The molecule has 0 spiro atoms. The largest absolute Gasteiger partial charge is 0.349 e. The molecule has 0 saturated carbocycles. The van der Waals surface area contributed by atoms with Crippen molar-refractivity contribution in [3.63, 3.8) is 0 Å². The molecule has 26 heavy (non-hydrogen) atoms. The molecule has 2 aliphatic heterocycles. The van der Waals surface area contributed by atoms with E-state index in [9.17, 15) is 4.79 Å². The van der Waals surface area contributed by atoms with Crippen molar-refractivity contribution in [3.05, 3.63) is 0 Å². The molecule has 2 rings (SSSR count). The lowest BCUT2D eigenvalue weighted by atomic mass is 9.85. The summed E-state index contributed by atoms with van der Waals surface area (Å²) in [6, 6.07) is 0. The maximum atomic E-state index is 12.7. The number of likely N-dealkylation sites (N-methyl/N-ethyl adjacent to an activating group) is 1. The second-order valence-corrected chi connectivity index (χ2v) is 8.32. The zero-order valence-electron chi connectivity index (χ0n) is 18.5. The third-order valence-electron chi connectivity index (χ3n) is 6.18. The van der Waals surface area contributed by atoms with Gasteiger partial charge in [0.2, 0.25) is 5.91 Å². The van der Waals surface area contributed by atoms with Gasteiger partial charge >= 0.3 is 0 Å². The van der Waals surface area contributed by atoms with E-state index in [1.165, 1.54) is 0 Å². The zero-order valence-corrected chi connectivity index (χ0v) is 18.5. The van der Waals surface area contributed by atoms with Gasteiger partial charge in [-0.3, -0.25) is 9.69 Å². The molecule has 0 bridgehead atoms. The lowest BCUT2D eigenvalue weighted by molar-refractivity contribution is -0.128. The standard InChI is InChI=1S/C19H38N4O.C2H6/c1-6-22-11-13-23(14-12-22)15-19(7-9-21(5)10-8-19)20-18(24)17(4)16(2)3;1-2/h16-17H,6-15H2,1-5H3,(H,20,24);1-2H3. The summed E-state index contributed by atoms with van der Waals surface area (Å²) in [6.07, 6.45) is 2.13. The number of rotatable bonds is 6. The van der Waals surface area contributed by atoms with Gasteiger partial charge in [-0.1, -0.05) is 41.5 Å². The number of hydrogen-bond acceptors (Lipinski definition) is 4. The van der Waals surface area contributed by atoms with E-state index in [0.717, 1.165) is 65.2 Å². The van der Waals surface area contributed by atoms with Crippen molar-refractivity contribution >= 4 is 5.91 Å². The van der Waals surface area contributed by atoms with E-state index in [4.69, 9.17) is 0 Å². The maximum Gasteiger partial charge on any atom is 0.223 e. The van der Waals surface area contributed by atoms with E-state index in [1.807, 2.05) is 13.8 Å². The molecule has 2 heterocycles. The highest BCUT2D eigenvalue weighted by molar-refractivity contribution is 5.79. The molecule has 2 aliphatic rings. The summed E-state index contributed by atoms with van der Waals surface area (Å²) in [6.45, 7) is 21.4. The molecule has 2 fully saturated rings. The minimum atomic E-state index is -0.0405.